The minimum atomic E-state index is -0.193. The number of hydrogen-bond acceptors (Lipinski definition) is 2. The Balaban J connectivity index is 2.39. The minimum Gasteiger partial charge on any atom is -0.393 e. The molecular weight excluding hydrogens is 188 g/mol. The summed E-state index contributed by atoms with van der Waals surface area (Å²) in [5.74, 6) is 0. The molecule has 1 aromatic heterocycles. The highest BCUT2D eigenvalue weighted by atomic mass is 16.3. The molecule has 0 bridgehead atoms. The molecule has 0 amide bonds. The van der Waals surface area contributed by atoms with E-state index in [9.17, 15) is 0 Å². The van der Waals surface area contributed by atoms with Crippen molar-refractivity contribution in [1.82, 2.24) is 9.78 Å². The van der Waals surface area contributed by atoms with E-state index in [1.807, 2.05) is 17.8 Å². The van der Waals surface area contributed by atoms with Crippen molar-refractivity contribution in [3.63, 3.8) is 0 Å². The van der Waals surface area contributed by atoms with Crippen LogP contribution in [0.4, 0.5) is 0 Å². The van der Waals surface area contributed by atoms with Crippen LogP contribution in [-0.2, 0) is 6.42 Å². The maximum Gasteiger partial charge on any atom is 0.0624 e. The number of rotatable bonds is 6. The zero-order chi connectivity index (χ0) is 11.3. The molecule has 0 spiro atoms. The molecule has 0 saturated carbocycles. The van der Waals surface area contributed by atoms with Crippen molar-refractivity contribution in [2.75, 3.05) is 0 Å². The summed E-state index contributed by atoms with van der Waals surface area (Å²) in [6.45, 7) is 6.17. The van der Waals surface area contributed by atoms with Crippen LogP contribution in [0, 0.1) is 0 Å². The summed E-state index contributed by atoms with van der Waals surface area (Å²) in [6.07, 6.45) is 5.79. The Morgan fingerprint density at radius 1 is 1.47 bits per heavy atom. The fraction of sp³-hybridized carbons (Fsp3) is 0.750. The van der Waals surface area contributed by atoms with Gasteiger partial charge in [-0.25, -0.2) is 0 Å². The molecule has 0 aliphatic carbocycles. The summed E-state index contributed by atoms with van der Waals surface area (Å²) in [5.41, 5.74) is 1.14. The molecule has 0 fully saturated rings. The number of aliphatic hydroxyl groups is 1. The SMILES string of the molecule is CCC(C)n1ccc(CCCC(C)O)n1. The van der Waals surface area contributed by atoms with E-state index in [-0.39, 0.29) is 6.10 Å². The van der Waals surface area contributed by atoms with Crippen LogP contribution < -0.4 is 0 Å². The number of aryl methyl sites for hydroxylation is 1. The van der Waals surface area contributed by atoms with Crippen LogP contribution in [0.5, 0.6) is 0 Å². The summed E-state index contributed by atoms with van der Waals surface area (Å²) in [4.78, 5) is 0. The molecule has 1 N–H and O–H groups in total. The first kappa shape index (κ1) is 12.2. The lowest BCUT2D eigenvalue weighted by Gasteiger charge is -2.08. The monoisotopic (exact) mass is 210 g/mol. The molecule has 0 saturated heterocycles. The largest absolute Gasteiger partial charge is 0.393 e. The van der Waals surface area contributed by atoms with Gasteiger partial charge in [0, 0.05) is 12.2 Å². The summed E-state index contributed by atoms with van der Waals surface area (Å²) in [6, 6.07) is 2.56. The Kier molecular flexibility index (Phi) is 4.82. The maximum atomic E-state index is 9.14. The normalized spacial score (nSPS) is 15.2. The van der Waals surface area contributed by atoms with Gasteiger partial charge in [0.1, 0.15) is 0 Å². The Morgan fingerprint density at radius 2 is 2.20 bits per heavy atom. The van der Waals surface area contributed by atoms with E-state index in [2.05, 4.69) is 25.0 Å². The van der Waals surface area contributed by atoms with Crippen molar-refractivity contribution in [2.24, 2.45) is 0 Å². The van der Waals surface area contributed by atoms with Gasteiger partial charge >= 0.3 is 0 Å². The molecule has 2 unspecified atom stereocenters. The van der Waals surface area contributed by atoms with Gasteiger partial charge in [-0.15, -0.1) is 0 Å². The fourth-order valence-electron chi connectivity index (χ4n) is 1.52. The average molecular weight is 210 g/mol. The number of hydrogen-bond donors (Lipinski definition) is 1. The van der Waals surface area contributed by atoms with Gasteiger partial charge in [0.25, 0.3) is 0 Å². The van der Waals surface area contributed by atoms with Crippen LogP contribution in [-0.4, -0.2) is 21.0 Å². The Hall–Kier alpha value is -0.830. The number of nitrogens with zero attached hydrogens (tertiary/aromatic N) is 2. The van der Waals surface area contributed by atoms with Gasteiger partial charge in [-0.3, -0.25) is 4.68 Å². The van der Waals surface area contributed by atoms with Crippen molar-refractivity contribution in [3.8, 4) is 0 Å². The Bertz CT molecular complexity index is 281. The van der Waals surface area contributed by atoms with Gasteiger partial charge in [-0.05, 0) is 45.6 Å². The fourth-order valence-corrected chi connectivity index (χ4v) is 1.52. The Labute approximate surface area is 92.1 Å². The van der Waals surface area contributed by atoms with Crippen molar-refractivity contribution >= 4 is 0 Å². The molecule has 3 heteroatoms. The number of aliphatic hydroxyl groups excluding tert-OH is 1. The zero-order valence-corrected chi connectivity index (χ0v) is 9.98. The average Bonchev–Trinajstić information content (AvgIpc) is 2.65. The van der Waals surface area contributed by atoms with Crippen LogP contribution in [0.2, 0.25) is 0 Å². The van der Waals surface area contributed by atoms with E-state index in [1.54, 1.807) is 0 Å². The van der Waals surface area contributed by atoms with E-state index < -0.39 is 0 Å². The smallest absolute Gasteiger partial charge is 0.0624 e. The lowest BCUT2D eigenvalue weighted by Crippen LogP contribution is -2.05. The van der Waals surface area contributed by atoms with Gasteiger partial charge in [0.05, 0.1) is 11.8 Å². The molecule has 86 valence electrons. The van der Waals surface area contributed by atoms with Crippen LogP contribution in [0.3, 0.4) is 0 Å². The molecular formula is C12H22N2O. The highest BCUT2D eigenvalue weighted by Gasteiger charge is 2.04. The standard InChI is InChI=1S/C12H22N2O/c1-4-10(2)14-9-8-12(13-14)7-5-6-11(3)15/h8-11,15H,4-7H2,1-3H3. The van der Waals surface area contributed by atoms with Crippen molar-refractivity contribution in [2.45, 2.75) is 58.6 Å². The maximum absolute atomic E-state index is 9.14. The van der Waals surface area contributed by atoms with E-state index in [1.165, 1.54) is 0 Å². The third kappa shape index (κ3) is 4.04. The molecule has 0 aromatic carbocycles. The van der Waals surface area contributed by atoms with Gasteiger partial charge in [-0.1, -0.05) is 6.92 Å². The molecule has 0 aliphatic rings. The second kappa shape index (κ2) is 5.91. The molecule has 0 aliphatic heterocycles. The van der Waals surface area contributed by atoms with Gasteiger partial charge in [0.15, 0.2) is 0 Å². The highest BCUT2D eigenvalue weighted by Crippen LogP contribution is 2.11. The predicted molar refractivity (Wildman–Crippen MR) is 61.8 cm³/mol. The van der Waals surface area contributed by atoms with E-state index in [0.717, 1.165) is 31.4 Å². The van der Waals surface area contributed by atoms with Crippen LogP contribution in [0.1, 0.15) is 51.8 Å². The van der Waals surface area contributed by atoms with E-state index in [4.69, 9.17) is 5.11 Å². The second-order valence-corrected chi connectivity index (χ2v) is 4.29. The van der Waals surface area contributed by atoms with E-state index in [0.29, 0.717) is 6.04 Å². The second-order valence-electron chi connectivity index (χ2n) is 4.29. The minimum absolute atomic E-state index is 0.193. The van der Waals surface area contributed by atoms with Crippen molar-refractivity contribution in [1.29, 1.82) is 0 Å². The van der Waals surface area contributed by atoms with Crippen LogP contribution in [0.25, 0.3) is 0 Å². The highest BCUT2D eigenvalue weighted by molar-refractivity contribution is 4.99. The first-order chi connectivity index (χ1) is 7.13. The van der Waals surface area contributed by atoms with E-state index >= 15 is 0 Å². The zero-order valence-electron chi connectivity index (χ0n) is 9.98. The van der Waals surface area contributed by atoms with Gasteiger partial charge in [0.2, 0.25) is 0 Å². The molecule has 0 radical (unpaired) electrons. The van der Waals surface area contributed by atoms with Gasteiger partial charge < -0.3 is 5.11 Å². The molecule has 1 rings (SSSR count). The quantitative estimate of drug-likeness (QED) is 0.783. The topological polar surface area (TPSA) is 38.0 Å². The number of aromatic nitrogens is 2. The van der Waals surface area contributed by atoms with Crippen LogP contribution >= 0.6 is 0 Å². The molecule has 2 atom stereocenters. The summed E-state index contributed by atoms with van der Waals surface area (Å²) in [5, 5.41) is 13.6. The summed E-state index contributed by atoms with van der Waals surface area (Å²) < 4.78 is 2.03. The Morgan fingerprint density at radius 3 is 2.80 bits per heavy atom. The summed E-state index contributed by atoms with van der Waals surface area (Å²) in [7, 11) is 0. The molecule has 3 nitrogen and oxygen atoms in total. The van der Waals surface area contributed by atoms with Crippen molar-refractivity contribution in [3.05, 3.63) is 18.0 Å². The molecule has 1 aromatic rings. The first-order valence-electron chi connectivity index (χ1n) is 5.85. The third-order valence-corrected chi connectivity index (χ3v) is 2.76. The molecule has 15 heavy (non-hydrogen) atoms. The lowest BCUT2D eigenvalue weighted by atomic mass is 10.1. The van der Waals surface area contributed by atoms with Crippen molar-refractivity contribution < 1.29 is 5.11 Å². The first-order valence-corrected chi connectivity index (χ1v) is 5.85. The van der Waals surface area contributed by atoms with Gasteiger partial charge in [-0.2, -0.15) is 5.10 Å². The lowest BCUT2D eigenvalue weighted by molar-refractivity contribution is 0.181. The molecule has 1 heterocycles. The van der Waals surface area contributed by atoms with Crippen LogP contribution in [0.15, 0.2) is 12.3 Å². The summed E-state index contributed by atoms with van der Waals surface area (Å²) >= 11 is 0. The predicted octanol–water partition coefficient (Wildman–Crippen LogP) is 2.56. The third-order valence-electron chi connectivity index (χ3n) is 2.76.